The van der Waals surface area contributed by atoms with E-state index in [2.05, 4.69) is 68.7 Å². The summed E-state index contributed by atoms with van der Waals surface area (Å²) in [7, 11) is 0. The molecule has 1 unspecified atom stereocenters. The van der Waals surface area contributed by atoms with E-state index in [0.717, 1.165) is 18.8 Å². The summed E-state index contributed by atoms with van der Waals surface area (Å²) in [4.78, 5) is 1.36. The molecule has 1 N–H and O–H groups in total. The van der Waals surface area contributed by atoms with Gasteiger partial charge in [-0.1, -0.05) is 26.0 Å². The van der Waals surface area contributed by atoms with Crippen LogP contribution in [0.5, 0.6) is 5.75 Å². The molecule has 0 radical (unpaired) electrons. The Balaban J connectivity index is 1.85. The van der Waals surface area contributed by atoms with Gasteiger partial charge in [0.15, 0.2) is 0 Å². The van der Waals surface area contributed by atoms with E-state index in [1.54, 1.807) is 11.3 Å². The van der Waals surface area contributed by atoms with Gasteiger partial charge in [0, 0.05) is 18.0 Å². The lowest BCUT2D eigenvalue weighted by Gasteiger charge is -2.17. The maximum Gasteiger partial charge on any atom is 0.120 e. The molecule has 3 heteroatoms. The number of hydrogen-bond donors (Lipinski definition) is 1. The van der Waals surface area contributed by atoms with Gasteiger partial charge < -0.3 is 10.1 Å². The first kappa shape index (κ1) is 16.1. The minimum absolute atomic E-state index is 0.159. The van der Waals surface area contributed by atoms with Gasteiger partial charge >= 0.3 is 0 Å². The smallest absolute Gasteiger partial charge is 0.120 e. The zero-order chi connectivity index (χ0) is 15.2. The summed E-state index contributed by atoms with van der Waals surface area (Å²) in [6.07, 6.45) is 0.159. The summed E-state index contributed by atoms with van der Waals surface area (Å²) in [5.41, 5.74) is 2.60. The zero-order valence-electron chi connectivity index (χ0n) is 13.3. The first-order valence-corrected chi connectivity index (χ1v) is 8.44. The summed E-state index contributed by atoms with van der Waals surface area (Å²) in [6.45, 7) is 10.4. The Labute approximate surface area is 132 Å². The molecule has 0 saturated heterocycles. The summed E-state index contributed by atoms with van der Waals surface area (Å²) < 4.78 is 6.05. The van der Waals surface area contributed by atoms with Crippen LogP contribution in [0.3, 0.4) is 0 Å². The first-order chi connectivity index (χ1) is 10.0. The fourth-order valence-electron chi connectivity index (χ4n) is 2.26. The fraction of sp³-hybridized carbons (Fsp3) is 0.444. The van der Waals surface area contributed by atoms with Crippen molar-refractivity contribution in [3.63, 3.8) is 0 Å². The molecule has 2 rings (SSSR count). The molecule has 0 bridgehead atoms. The van der Waals surface area contributed by atoms with Crippen LogP contribution in [0.15, 0.2) is 35.7 Å². The normalized spacial score (nSPS) is 12.6. The molecule has 0 fully saturated rings. The minimum atomic E-state index is 0.159. The quantitative estimate of drug-likeness (QED) is 0.798. The van der Waals surface area contributed by atoms with Crippen LogP contribution in [-0.4, -0.2) is 12.6 Å². The predicted molar refractivity (Wildman–Crippen MR) is 91.4 cm³/mol. The lowest BCUT2D eigenvalue weighted by atomic mass is 10.0. The van der Waals surface area contributed by atoms with Crippen LogP contribution in [0, 0.1) is 6.92 Å². The SMILES string of the molecule is Cc1cc(OC(C)CNCc2cccs2)cc(C(C)C)c1. The molecular formula is C18H25NOS. The molecule has 1 aromatic heterocycles. The maximum atomic E-state index is 6.05. The summed E-state index contributed by atoms with van der Waals surface area (Å²) in [5, 5.41) is 5.55. The van der Waals surface area contributed by atoms with Gasteiger partial charge in [-0.25, -0.2) is 0 Å². The highest BCUT2D eigenvalue weighted by molar-refractivity contribution is 7.09. The van der Waals surface area contributed by atoms with Crippen molar-refractivity contribution >= 4 is 11.3 Å². The Morgan fingerprint density at radius 3 is 2.67 bits per heavy atom. The van der Waals surface area contributed by atoms with Crippen molar-refractivity contribution in [2.45, 2.75) is 46.3 Å². The Morgan fingerprint density at radius 2 is 2.00 bits per heavy atom. The van der Waals surface area contributed by atoms with Gasteiger partial charge in [-0.3, -0.25) is 0 Å². The second-order valence-corrected chi connectivity index (χ2v) is 6.91. The van der Waals surface area contributed by atoms with Crippen molar-refractivity contribution < 1.29 is 4.74 Å². The summed E-state index contributed by atoms with van der Waals surface area (Å²) >= 11 is 1.78. The van der Waals surface area contributed by atoms with Gasteiger partial charge in [-0.2, -0.15) is 0 Å². The molecule has 0 aliphatic heterocycles. The van der Waals surface area contributed by atoms with Crippen molar-refractivity contribution in [3.05, 3.63) is 51.7 Å². The Hall–Kier alpha value is -1.32. The van der Waals surface area contributed by atoms with Gasteiger partial charge in [-0.15, -0.1) is 11.3 Å². The van der Waals surface area contributed by atoms with E-state index in [4.69, 9.17) is 4.74 Å². The second-order valence-electron chi connectivity index (χ2n) is 5.87. The molecule has 1 heterocycles. The Morgan fingerprint density at radius 1 is 1.19 bits per heavy atom. The third kappa shape index (κ3) is 5.18. The second kappa shape index (κ2) is 7.62. The monoisotopic (exact) mass is 303 g/mol. The lowest BCUT2D eigenvalue weighted by Crippen LogP contribution is -2.28. The number of thiophene rings is 1. The van der Waals surface area contributed by atoms with Crippen molar-refractivity contribution in [1.82, 2.24) is 5.32 Å². The van der Waals surface area contributed by atoms with Gasteiger partial charge in [-0.05, 0) is 54.5 Å². The van der Waals surface area contributed by atoms with Gasteiger partial charge in [0.25, 0.3) is 0 Å². The molecule has 2 aromatic rings. The van der Waals surface area contributed by atoms with Crippen molar-refractivity contribution in [2.75, 3.05) is 6.54 Å². The molecule has 0 aliphatic carbocycles. The predicted octanol–water partition coefficient (Wildman–Crippen LogP) is 4.74. The average Bonchev–Trinajstić information content (AvgIpc) is 2.91. The number of hydrogen-bond acceptors (Lipinski definition) is 3. The maximum absolute atomic E-state index is 6.05. The van der Waals surface area contributed by atoms with E-state index in [9.17, 15) is 0 Å². The molecular weight excluding hydrogens is 278 g/mol. The van der Waals surface area contributed by atoms with E-state index in [-0.39, 0.29) is 6.10 Å². The van der Waals surface area contributed by atoms with E-state index < -0.39 is 0 Å². The van der Waals surface area contributed by atoms with Crippen LogP contribution in [0.25, 0.3) is 0 Å². The molecule has 0 spiro atoms. The fourth-order valence-corrected chi connectivity index (χ4v) is 2.94. The topological polar surface area (TPSA) is 21.3 Å². The highest BCUT2D eigenvalue weighted by atomic mass is 32.1. The van der Waals surface area contributed by atoms with Crippen LogP contribution >= 0.6 is 11.3 Å². The molecule has 0 amide bonds. The van der Waals surface area contributed by atoms with E-state index in [1.807, 2.05) is 0 Å². The van der Waals surface area contributed by atoms with Crippen LogP contribution < -0.4 is 10.1 Å². The minimum Gasteiger partial charge on any atom is -0.489 e. The number of ether oxygens (including phenoxy) is 1. The van der Waals surface area contributed by atoms with Crippen LogP contribution in [0.4, 0.5) is 0 Å². The van der Waals surface area contributed by atoms with E-state index in [0.29, 0.717) is 5.92 Å². The standard InChI is InChI=1S/C18H25NOS/c1-13(2)16-8-14(3)9-17(10-16)20-15(4)11-19-12-18-6-5-7-21-18/h5-10,13,15,19H,11-12H2,1-4H3. The van der Waals surface area contributed by atoms with E-state index >= 15 is 0 Å². The molecule has 21 heavy (non-hydrogen) atoms. The van der Waals surface area contributed by atoms with E-state index in [1.165, 1.54) is 16.0 Å². The highest BCUT2D eigenvalue weighted by Crippen LogP contribution is 2.23. The number of aryl methyl sites for hydroxylation is 1. The van der Waals surface area contributed by atoms with Crippen LogP contribution in [0.1, 0.15) is 42.7 Å². The number of benzene rings is 1. The Kier molecular flexibility index (Phi) is 5.83. The summed E-state index contributed by atoms with van der Waals surface area (Å²) in [6, 6.07) is 10.7. The molecule has 1 aromatic carbocycles. The van der Waals surface area contributed by atoms with Gasteiger partial charge in [0.2, 0.25) is 0 Å². The third-order valence-electron chi connectivity index (χ3n) is 3.39. The van der Waals surface area contributed by atoms with Gasteiger partial charge in [0.05, 0.1) is 0 Å². The van der Waals surface area contributed by atoms with Crippen molar-refractivity contribution in [3.8, 4) is 5.75 Å². The molecule has 0 saturated carbocycles. The number of nitrogens with one attached hydrogen (secondary N) is 1. The summed E-state index contributed by atoms with van der Waals surface area (Å²) in [5.74, 6) is 1.50. The highest BCUT2D eigenvalue weighted by Gasteiger charge is 2.07. The zero-order valence-corrected chi connectivity index (χ0v) is 14.2. The molecule has 2 nitrogen and oxygen atoms in total. The van der Waals surface area contributed by atoms with Crippen molar-refractivity contribution in [2.24, 2.45) is 0 Å². The van der Waals surface area contributed by atoms with Crippen LogP contribution in [0.2, 0.25) is 0 Å². The van der Waals surface area contributed by atoms with Crippen molar-refractivity contribution in [1.29, 1.82) is 0 Å². The number of rotatable bonds is 7. The molecule has 1 atom stereocenters. The van der Waals surface area contributed by atoms with Crippen LogP contribution in [-0.2, 0) is 6.54 Å². The average molecular weight is 303 g/mol. The molecule has 0 aliphatic rings. The largest absolute Gasteiger partial charge is 0.489 e. The third-order valence-corrected chi connectivity index (χ3v) is 4.26. The first-order valence-electron chi connectivity index (χ1n) is 7.56. The Bertz CT molecular complexity index is 548. The molecule has 114 valence electrons. The van der Waals surface area contributed by atoms with Gasteiger partial charge in [0.1, 0.15) is 11.9 Å². The lowest BCUT2D eigenvalue weighted by molar-refractivity contribution is 0.216.